The molecule has 0 bridgehead atoms. The van der Waals surface area contributed by atoms with Crippen molar-refractivity contribution in [3.05, 3.63) is 35.7 Å². The van der Waals surface area contributed by atoms with Gasteiger partial charge in [0.25, 0.3) is 5.89 Å². The number of hydrogen-bond acceptors (Lipinski definition) is 6. The Labute approximate surface area is 136 Å². The van der Waals surface area contributed by atoms with E-state index in [2.05, 4.69) is 39.4 Å². The molecule has 6 heteroatoms. The molecule has 1 aliphatic rings. The summed E-state index contributed by atoms with van der Waals surface area (Å²) in [6, 6.07) is 8.66. The summed E-state index contributed by atoms with van der Waals surface area (Å²) in [5, 5.41) is 7.25. The Bertz CT molecular complexity index is 623. The Balaban J connectivity index is 1.69. The molecule has 124 valence electrons. The maximum atomic E-state index is 5.42. The van der Waals surface area contributed by atoms with Crippen LogP contribution >= 0.6 is 0 Å². The summed E-state index contributed by atoms with van der Waals surface area (Å²) < 4.78 is 10.8. The number of aromatic nitrogens is 2. The highest BCUT2D eigenvalue weighted by Gasteiger charge is 2.14. The maximum absolute atomic E-state index is 5.42. The molecule has 6 nitrogen and oxygen atoms in total. The summed E-state index contributed by atoms with van der Waals surface area (Å²) in [6.07, 6.45) is 0.757. The van der Waals surface area contributed by atoms with Crippen LogP contribution in [0.1, 0.15) is 18.3 Å². The molecule has 0 amide bonds. The van der Waals surface area contributed by atoms with Gasteiger partial charge in [0.05, 0.1) is 13.2 Å². The minimum atomic E-state index is 0.327. The number of benzene rings is 1. The molecule has 1 atom stereocenters. The van der Waals surface area contributed by atoms with Gasteiger partial charge in [-0.05, 0) is 31.7 Å². The summed E-state index contributed by atoms with van der Waals surface area (Å²) in [6.45, 7) is 6.62. The third-order valence-electron chi connectivity index (χ3n) is 4.13. The molecular weight excluding hydrogens is 292 g/mol. The minimum Gasteiger partial charge on any atom is -0.379 e. The Morgan fingerprint density at radius 3 is 2.91 bits per heavy atom. The summed E-state index contributed by atoms with van der Waals surface area (Å²) in [4.78, 5) is 6.90. The first-order valence-corrected chi connectivity index (χ1v) is 8.14. The molecule has 0 aliphatic carbocycles. The van der Waals surface area contributed by atoms with Crippen molar-refractivity contribution in [2.75, 3.05) is 33.4 Å². The van der Waals surface area contributed by atoms with Gasteiger partial charge in [-0.3, -0.25) is 4.90 Å². The standard InChI is InChI=1S/C17H24N4O2/c1-13(18-2)10-16-19-17(23-20-16)15-5-3-4-14(11-15)12-21-6-8-22-9-7-21/h3-5,11,13,18H,6-10,12H2,1-2H3. The Morgan fingerprint density at radius 2 is 2.13 bits per heavy atom. The van der Waals surface area contributed by atoms with Gasteiger partial charge in [0.1, 0.15) is 0 Å². The molecule has 1 unspecified atom stereocenters. The van der Waals surface area contributed by atoms with E-state index in [-0.39, 0.29) is 0 Å². The minimum absolute atomic E-state index is 0.327. The number of rotatable bonds is 6. The van der Waals surface area contributed by atoms with E-state index >= 15 is 0 Å². The lowest BCUT2D eigenvalue weighted by atomic mass is 10.1. The van der Waals surface area contributed by atoms with Crippen molar-refractivity contribution in [3.63, 3.8) is 0 Å². The van der Waals surface area contributed by atoms with Crippen molar-refractivity contribution < 1.29 is 9.26 Å². The van der Waals surface area contributed by atoms with Crippen LogP contribution in [-0.4, -0.2) is 54.4 Å². The zero-order valence-corrected chi connectivity index (χ0v) is 13.8. The van der Waals surface area contributed by atoms with E-state index in [1.165, 1.54) is 5.56 Å². The fourth-order valence-electron chi connectivity index (χ4n) is 2.65. The molecule has 3 rings (SSSR count). The van der Waals surface area contributed by atoms with E-state index in [1.54, 1.807) is 0 Å². The highest BCUT2D eigenvalue weighted by Crippen LogP contribution is 2.20. The number of nitrogens with one attached hydrogen (secondary N) is 1. The predicted octanol–water partition coefficient (Wildman–Crippen LogP) is 1.72. The van der Waals surface area contributed by atoms with Crippen molar-refractivity contribution in [2.45, 2.75) is 25.9 Å². The Morgan fingerprint density at radius 1 is 1.30 bits per heavy atom. The van der Waals surface area contributed by atoms with Gasteiger partial charge in [-0.15, -0.1) is 0 Å². The van der Waals surface area contributed by atoms with Gasteiger partial charge in [0.15, 0.2) is 5.82 Å². The van der Waals surface area contributed by atoms with Crippen molar-refractivity contribution in [1.82, 2.24) is 20.4 Å². The Kier molecular flexibility index (Phi) is 5.38. The molecule has 1 N–H and O–H groups in total. The van der Waals surface area contributed by atoms with Crippen molar-refractivity contribution in [2.24, 2.45) is 0 Å². The molecule has 0 radical (unpaired) electrons. The quantitative estimate of drug-likeness (QED) is 0.875. The van der Waals surface area contributed by atoms with Gasteiger partial charge < -0.3 is 14.6 Å². The predicted molar refractivity (Wildman–Crippen MR) is 88.1 cm³/mol. The molecule has 1 aromatic heterocycles. The third-order valence-corrected chi connectivity index (χ3v) is 4.13. The molecule has 0 saturated carbocycles. The van der Waals surface area contributed by atoms with Gasteiger partial charge in [-0.2, -0.15) is 4.98 Å². The largest absolute Gasteiger partial charge is 0.379 e. The molecule has 2 heterocycles. The summed E-state index contributed by atoms with van der Waals surface area (Å²) >= 11 is 0. The topological polar surface area (TPSA) is 63.4 Å². The van der Waals surface area contributed by atoms with Gasteiger partial charge in [0.2, 0.25) is 0 Å². The summed E-state index contributed by atoms with van der Waals surface area (Å²) in [5.74, 6) is 1.33. The molecule has 1 aliphatic heterocycles. The van der Waals surface area contributed by atoms with E-state index in [1.807, 2.05) is 19.2 Å². The first kappa shape index (κ1) is 16.1. The second-order valence-corrected chi connectivity index (χ2v) is 6.00. The fourth-order valence-corrected chi connectivity index (χ4v) is 2.65. The SMILES string of the molecule is CNC(C)Cc1noc(-c2cccc(CN3CCOCC3)c2)n1. The fraction of sp³-hybridized carbons (Fsp3) is 0.529. The highest BCUT2D eigenvalue weighted by atomic mass is 16.5. The van der Waals surface area contributed by atoms with Crippen molar-refractivity contribution in [1.29, 1.82) is 0 Å². The van der Waals surface area contributed by atoms with Gasteiger partial charge >= 0.3 is 0 Å². The van der Waals surface area contributed by atoms with E-state index in [0.29, 0.717) is 11.9 Å². The molecule has 0 spiro atoms. The zero-order valence-electron chi connectivity index (χ0n) is 13.8. The normalized spacial score (nSPS) is 17.3. The average Bonchev–Trinajstić information content (AvgIpc) is 3.04. The second kappa shape index (κ2) is 7.68. The molecule has 1 fully saturated rings. The van der Waals surface area contributed by atoms with Crippen LogP contribution in [0.5, 0.6) is 0 Å². The van der Waals surface area contributed by atoms with Crippen LogP contribution in [0.3, 0.4) is 0 Å². The third kappa shape index (κ3) is 4.37. The van der Waals surface area contributed by atoms with Crippen LogP contribution in [0.25, 0.3) is 11.5 Å². The van der Waals surface area contributed by atoms with Gasteiger partial charge in [-0.25, -0.2) is 0 Å². The van der Waals surface area contributed by atoms with Crippen LogP contribution in [0, 0.1) is 0 Å². The van der Waals surface area contributed by atoms with Gasteiger partial charge in [0, 0.05) is 37.7 Å². The monoisotopic (exact) mass is 316 g/mol. The zero-order chi connectivity index (χ0) is 16.1. The summed E-state index contributed by atoms with van der Waals surface area (Å²) in [7, 11) is 1.93. The first-order chi connectivity index (χ1) is 11.2. The molecule has 23 heavy (non-hydrogen) atoms. The molecule has 2 aromatic rings. The Hall–Kier alpha value is -1.76. The maximum Gasteiger partial charge on any atom is 0.257 e. The van der Waals surface area contributed by atoms with Crippen LogP contribution in [0.15, 0.2) is 28.8 Å². The van der Waals surface area contributed by atoms with Crippen LogP contribution in [0.4, 0.5) is 0 Å². The molecule has 1 aromatic carbocycles. The lowest BCUT2D eigenvalue weighted by Gasteiger charge is -2.26. The van der Waals surface area contributed by atoms with Gasteiger partial charge in [-0.1, -0.05) is 17.3 Å². The lowest BCUT2D eigenvalue weighted by molar-refractivity contribution is 0.0342. The van der Waals surface area contributed by atoms with Crippen LogP contribution in [-0.2, 0) is 17.7 Å². The first-order valence-electron chi connectivity index (χ1n) is 8.14. The van der Waals surface area contributed by atoms with E-state index < -0.39 is 0 Å². The summed E-state index contributed by atoms with van der Waals surface area (Å²) in [5.41, 5.74) is 2.24. The van der Waals surface area contributed by atoms with Crippen molar-refractivity contribution >= 4 is 0 Å². The smallest absolute Gasteiger partial charge is 0.257 e. The average molecular weight is 316 g/mol. The van der Waals surface area contributed by atoms with E-state index in [0.717, 1.165) is 50.7 Å². The van der Waals surface area contributed by atoms with Crippen LogP contribution in [0.2, 0.25) is 0 Å². The lowest BCUT2D eigenvalue weighted by Crippen LogP contribution is -2.35. The number of likely N-dealkylation sites (N-methyl/N-ethyl adjacent to an activating group) is 1. The number of morpholine rings is 1. The molecule has 1 saturated heterocycles. The molecular formula is C17H24N4O2. The number of nitrogens with zero attached hydrogens (tertiary/aromatic N) is 3. The highest BCUT2D eigenvalue weighted by molar-refractivity contribution is 5.54. The number of ether oxygens (including phenoxy) is 1. The van der Waals surface area contributed by atoms with E-state index in [4.69, 9.17) is 9.26 Å². The number of hydrogen-bond donors (Lipinski definition) is 1. The van der Waals surface area contributed by atoms with Crippen LogP contribution < -0.4 is 5.32 Å². The second-order valence-electron chi connectivity index (χ2n) is 6.00. The van der Waals surface area contributed by atoms with E-state index in [9.17, 15) is 0 Å². The van der Waals surface area contributed by atoms with Crippen molar-refractivity contribution in [3.8, 4) is 11.5 Å².